The first kappa shape index (κ1) is 53.9. The highest BCUT2D eigenvalue weighted by Crippen LogP contribution is 2.39. The Morgan fingerprint density at radius 2 is 1.08 bits per heavy atom. The molecular weight excluding hydrogens is 811 g/mol. The summed E-state index contributed by atoms with van der Waals surface area (Å²) in [5, 5.41) is 35.4. The smallest absolute Gasteiger partial charge is 0.257 e. The number of aliphatic hydroxyl groups excluding tert-OH is 1. The molecule has 0 saturated carbocycles. The molecule has 0 spiro atoms. The Hall–Kier alpha value is -4.43. The fourth-order valence-electron chi connectivity index (χ4n) is 7.52. The molecule has 0 aliphatic heterocycles. The van der Waals surface area contributed by atoms with Crippen LogP contribution in [0.4, 0.5) is 0 Å². The van der Waals surface area contributed by atoms with Gasteiger partial charge in [-0.2, -0.15) is 0 Å². The molecule has 3 rings (SSSR count). The summed E-state index contributed by atoms with van der Waals surface area (Å²) < 4.78 is 18.4. The van der Waals surface area contributed by atoms with Crippen molar-refractivity contribution >= 4 is 33.8 Å². The molecule has 1 aromatic heterocycles. The predicted octanol–water partition coefficient (Wildman–Crippen LogP) is 8.16. The van der Waals surface area contributed by atoms with Crippen molar-refractivity contribution in [3.8, 4) is 17.2 Å². The number of aromatic hydroxyl groups is 1. The second kappa shape index (κ2) is 31.4. The van der Waals surface area contributed by atoms with E-state index in [1.165, 1.54) is 63.9 Å². The Kier molecular flexibility index (Phi) is 26.5. The van der Waals surface area contributed by atoms with Crippen LogP contribution < -0.4 is 41.9 Å². The molecule has 0 aliphatic rings. The zero-order chi connectivity index (χ0) is 46.5. The van der Waals surface area contributed by atoms with Crippen LogP contribution in [0.1, 0.15) is 148 Å². The van der Waals surface area contributed by atoms with Gasteiger partial charge in [0.15, 0.2) is 13.2 Å². The molecule has 0 radical (unpaired) electrons. The summed E-state index contributed by atoms with van der Waals surface area (Å²) >= 11 is 0. The first-order valence-corrected chi connectivity index (χ1v) is 24.1. The summed E-state index contributed by atoms with van der Waals surface area (Å²) in [7, 11) is 0. The molecule has 0 unspecified atom stereocenters. The van der Waals surface area contributed by atoms with Crippen LogP contribution in [-0.4, -0.2) is 81.1 Å². The van der Waals surface area contributed by atoms with Gasteiger partial charge in [0.05, 0.1) is 12.0 Å². The Balaban J connectivity index is 1.74. The number of hydrogen-bond donors (Lipinski definition) is 7. The Morgan fingerprint density at radius 1 is 0.625 bits per heavy atom. The number of ether oxygens (including phenoxy) is 2. The third-order valence-electron chi connectivity index (χ3n) is 11.2. The molecule has 2 aromatic carbocycles. The number of fused-ring (bicyclic) bond motifs is 2. The van der Waals surface area contributed by atoms with Crippen LogP contribution in [0, 0.1) is 0 Å². The number of nitrogens with two attached hydrogens (primary N) is 1. The zero-order valence-electron chi connectivity index (χ0n) is 39.8. The van der Waals surface area contributed by atoms with Crippen molar-refractivity contribution in [2.45, 2.75) is 150 Å². The van der Waals surface area contributed by atoms with E-state index in [9.17, 15) is 24.6 Å². The van der Waals surface area contributed by atoms with Crippen molar-refractivity contribution in [3.05, 3.63) is 62.3 Å². The highest BCUT2D eigenvalue weighted by atomic mass is 16.5. The zero-order valence-corrected chi connectivity index (χ0v) is 39.8. The summed E-state index contributed by atoms with van der Waals surface area (Å²) in [5.74, 6) is -0.466. The number of carbonyl (C=O) groups excluding carboxylic acids is 2. The van der Waals surface area contributed by atoms with Crippen LogP contribution in [0.5, 0.6) is 17.2 Å². The second-order valence-electron chi connectivity index (χ2n) is 17.4. The van der Waals surface area contributed by atoms with E-state index in [1.54, 1.807) is 6.07 Å². The molecule has 0 fully saturated rings. The maximum absolute atomic E-state index is 14.5. The van der Waals surface area contributed by atoms with E-state index < -0.39 is 12.0 Å². The summed E-state index contributed by atoms with van der Waals surface area (Å²) in [6.07, 6.45) is 21.2. The molecule has 0 atom stereocenters. The first-order chi connectivity index (χ1) is 31.0. The molecule has 13 nitrogen and oxygen atoms in total. The lowest BCUT2D eigenvalue weighted by atomic mass is 9.95. The van der Waals surface area contributed by atoms with Crippen molar-refractivity contribution in [2.24, 2.45) is 5.73 Å². The number of benzene rings is 2. The molecule has 0 aliphatic carbocycles. The monoisotopic (exact) mass is 892 g/mol. The predicted molar refractivity (Wildman–Crippen MR) is 261 cm³/mol. The molecule has 8 N–H and O–H groups in total. The summed E-state index contributed by atoms with van der Waals surface area (Å²) in [6, 6.07) is 3.05. The van der Waals surface area contributed by atoms with Gasteiger partial charge >= 0.3 is 0 Å². The van der Waals surface area contributed by atoms with Crippen LogP contribution in [0.2, 0.25) is 0 Å². The number of amides is 2. The van der Waals surface area contributed by atoms with Crippen LogP contribution in [-0.2, 0) is 29.0 Å². The van der Waals surface area contributed by atoms with E-state index in [0.717, 1.165) is 82.4 Å². The molecule has 1 heterocycles. The molecule has 64 heavy (non-hydrogen) atoms. The summed E-state index contributed by atoms with van der Waals surface area (Å²) in [6.45, 7) is 14.6. The van der Waals surface area contributed by atoms with Gasteiger partial charge in [-0.25, -0.2) is 0 Å². The van der Waals surface area contributed by atoms with Gasteiger partial charge in [0.2, 0.25) is 5.43 Å². The lowest BCUT2D eigenvalue weighted by molar-refractivity contribution is -0.123. The average Bonchev–Trinajstić information content (AvgIpc) is 3.26. The van der Waals surface area contributed by atoms with E-state index in [-0.39, 0.29) is 77.1 Å². The first-order valence-electron chi connectivity index (χ1n) is 24.1. The van der Waals surface area contributed by atoms with Crippen LogP contribution >= 0.6 is 0 Å². The summed E-state index contributed by atoms with van der Waals surface area (Å²) in [5.41, 5.74) is 8.49. The number of unbranched alkanes of at least 4 members (excludes halogenated alkanes) is 11. The lowest BCUT2D eigenvalue weighted by Crippen LogP contribution is -2.31. The van der Waals surface area contributed by atoms with E-state index in [1.807, 2.05) is 39.8 Å². The Morgan fingerprint density at radius 3 is 1.61 bits per heavy atom. The molecular formula is C51H81N5O8. The molecule has 0 saturated heterocycles. The minimum absolute atomic E-state index is 0.0302. The topological polar surface area (TPSA) is 197 Å². The maximum atomic E-state index is 14.5. The molecule has 0 bridgehead atoms. The normalized spacial score (nSPS) is 11.2. The third-order valence-corrected chi connectivity index (χ3v) is 11.2. The number of aliphatic hydroxyl groups is 1. The van der Waals surface area contributed by atoms with Gasteiger partial charge in [-0.1, -0.05) is 88.0 Å². The van der Waals surface area contributed by atoms with E-state index in [2.05, 4.69) is 28.2 Å². The number of carbonyl (C=O) groups is 2. The molecule has 358 valence electrons. The van der Waals surface area contributed by atoms with Gasteiger partial charge in [0, 0.05) is 36.3 Å². The van der Waals surface area contributed by atoms with E-state index >= 15 is 0 Å². The SMILES string of the molecule is CCCCNCCCCCCCCNC(=O)COc1cc2oc3cc(OCC(=O)NCCCNCCCCCCCCN)c(CO)c(CC=C(C)C)c3c(=O)c2c(O)c1CC=C(C)C. The van der Waals surface area contributed by atoms with Crippen molar-refractivity contribution < 1.29 is 33.7 Å². The van der Waals surface area contributed by atoms with Crippen molar-refractivity contribution in [1.29, 1.82) is 0 Å². The van der Waals surface area contributed by atoms with E-state index in [0.29, 0.717) is 29.8 Å². The average molecular weight is 892 g/mol. The maximum Gasteiger partial charge on any atom is 0.257 e. The Labute approximate surface area is 382 Å². The van der Waals surface area contributed by atoms with Gasteiger partial charge in [0.25, 0.3) is 11.8 Å². The number of phenols is 1. The third kappa shape index (κ3) is 19.4. The number of phenolic OH excluding ortho intramolecular Hbond substituents is 1. The summed E-state index contributed by atoms with van der Waals surface area (Å²) in [4.78, 5) is 40.3. The van der Waals surface area contributed by atoms with Crippen LogP contribution in [0.25, 0.3) is 21.9 Å². The van der Waals surface area contributed by atoms with Crippen molar-refractivity contribution in [1.82, 2.24) is 21.3 Å². The highest BCUT2D eigenvalue weighted by Gasteiger charge is 2.24. The molecule has 2 amide bonds. The molecule has 3 aromatic rings. The Bertz CT molecular complexity index is 1980. The standard InChI is InChI=1S/C51H81N5O8/c1-6-7-26-53-27-17-14-10-11-15-19-30-55-46(58)35-62-42-32-45-49(50(60)40(42)24-22-38(4)5)51(61)48-39(23-21-37(2)3)41(34-57)43(33-44(48)64-45)63-36-47(59)56-31-20-29-54-28-18-13-9-8-12-16-25-52/h21-22,32-33,53-54,57,60H,6-20,23-31,34-36,52H2,1-5H3,(H,55,58)(H,56,59). The molecule has 13 heteroatoms. The number of nitrogens with one attached hydrogen (secondary N) is 4. The van der Waals surface area contributed by atoms with Gasteiger partial charge < -0.3 is 51.1 Å². The quantitative estimate of drug-likeness (QED) is 0.0171. The van der Waals surface area contributed by atoms with Gasteiger partial charge in [-0.05, 0) is 117 Å². The van der Waals surface area contributed by atoms with Crippen LogP contribution in [0.3, 0.4) is 0 Å². The lowest BCUT2D eigenvalue weighted by Gasteiger charge is -2.18. The number of hydrogen-bond acceptors (Lipinski definition) is 11. The highest BCUT2D eigenvalue weighted by molar-refractivity contribution is 5.97. The minimum atomic E-state index is -0.479. The fourth-order valence-corrected chi connectivity index (χ4v) is 7.52. The number of rotatable bonds is 35. The largest absolute Gasteiger partial charge is 0.507 e. The van der Waals surface area contributed by atoms with Gasteiger partial charge in [-0.15, -0.1) is 0 Å². The number of allylic oxidation sites excluding steroid dienone is 4. The fraction of sp³-hybridized carbons (Fsp3) is 0.627. The minimum Gasteiger partial charge on any atom is -0.507 e. The van der Waals surface area contributed by atoms with Crippen molar-refractivity contribution in [2.75, 3.05) is 59.0 Å². The van der Waals surface area contributed by atoms with Crippen molar-refractivity contribution in [3.63, 3.8) is 0 Å². The second-order valence-corrected chi connectivity index (χ2v) is 17.4. The van der Waals surface area contributed by atoms with E-state index in [4.69, 9.17) is 19.6 Å². The van der Waals surface area contributed by atoms with Gasteiger partial charge in [0.1, 0.15) is 33.8 Å². The van der Waals surface area contributed by atoms with Gasteiger partial charge in [-0.3, -0.25) is 14.4 Å². The van der Waals surface area contributed by atoms with Crippen LogP contribution in [0.15, 0.2) is 44.6 Å².